The second-order valence-electron chi connectivity index (χ2n) is 3.36. The largest absolute Gasteiger partial charge is 0.416 e. The minimum atomic E-state index is -4.37. The monoisotopic (exact) mass is 235 g/mol. The summed E-state index contributed by atoms with van der Waals surface area (Å²) in [5, 5.41) is 0. The van der Waals surface area contributed by atoms with Crippen LogP contribution in [0.15, 0.2) is 23.1 Å². The van der Waals surface area contributed by atoms with Crippen molar-refractivity contribution in [1.82, 2.24) is 4.31 Å². The van der Waals surface area contributed by atoms with Crippen LogP contribution in [-0.2, 0) is 23.7 Å². The summed E-state index contributed by atoms with van der Waals surface area (Å²) in [7, 11) is 0.160. The van der Waals surface area contributed by atoms with Crippen LogP contribution in [0.5, 0.6) is 0 Å². The Bertz CT molecular complexity index is 430. The van der Waals surface area contributed by atoms with Crippen LogP contribution in [0, 0.1) is 0 Å². The zero-order valence-corrected chi connectivity index (χ0v) is 8.65. The molecule has 2 nitrogen and oxygen atoms in total. The van der Waals surface area contributed by atoms with E-state index in [0.29, 0.717) is 12.1 Å². The molecule has 15 heavy (non-hydrogen) atoms. The molecular weight excluding hydrogens is 227 g/mol. The van der Waals surface area contributed by atoms with Gasteiger partial charge in [0, 0.05) is 13.6 Å². The number of hydrogen-bond acceptors (Lipinski definition) is 1. The highest BCUT2D eigenvalue weighted by Gasteiger charge is 2.33. The molecule has 0 saturated heterocycles. The molecule has 1 aromatic rings. The van der Waals surface area contributed by atoms with Crippen molar-refractivity contribution >= 4 is 11.0 Å². The van der Waals surface area contributed by atoms with Gasteiger partial charge in [-0.05, 0) is 17.7 Å². The van der Waals surface area contributed by atoms with Gasteiger partial charge in [0.05, 0.1) is 10.5 Å². The van der Waals surface area contributed by atoms with Crippen LogP contribution in [0.2, 0.25) is 0 Å². The molecule has 0 amide bonds. The summed E-state index contributed by atoms with van der Waals surface area (Å²) in [6.07, 6.45) is -4.37. The van der Waals surface area contributed by atoms with Crippen molar-refractivity contribution in [2.75, 3.05) is 7.05 Å². The molecule has 0 aliphatic carbocycles. The van der Waals surface area contributed by atoms with Gasteiger partial charge < -0.3 is 0 Å². The van der Waals surface area contributed by atoms with E-state index in [4.69, 9.17) is 0 Å². The molecule has 0 bridgehead atoms. The lowest BCUT2D eigenvalue weighted by Crippen LogP contribution is -2.12. The summed E-state index contributed by atoms with van der Waals surface area (Å²) in [6.45, 7) is 0.431. The number of nitrogens with zero attached hydrogens (tertiary/aromatic N) is 1. The van der Waals surface area contributed by atoms with Crippen molar-refractivity contribution in [3.05, 3.63) is 29.3 Å². The smallest absolute Gasteiger partial charge is 0.237 e. The van der Waals surface area contributed by atoms with Crippen LogP contribution in [0.3, 0.4) is 0 Å². The van der Waals surface area contributed by atoms with Gasteiger partial charge in [-0.1, -0.05) is 6.07 Å². The van der Waals surface area contributed by atoms with E-state index in [1.54, 1.807) is 7.05 Å². The van der Waals surface area contributed by atoms with Gasteiger partial charge in [-0.2, -0.15) is 13.2 Å². The van der Waals surface area contributed by atoms with Crippen molar-refractivity contribution in [3.8, 4) is 0 Å². The SMILES string of the molecule is CN1Cc2ccc(C(F)(F)F)cc2S1=O. The lowest BCUT2D eigenvalue weighted by Gasteiger charge is -2.07. The molecule has 1 aromatic carbocycles. The summed E-state index contributed by atoms with van der Waals surface area (Å²) < 4.78 is 50.2. The summed E-state index contributed by atoms with van der Waals surface area (Å²) in [4.78, 5) is 0.271. The number of rotatable bonds is 0. The summed E-state index contributed by atoms with van der Waals surface area (Å²) in [5.41, 5.74) is -0.0475. The normalized spacial score (nSPS) is 21.7. The Morgan fingerprint density at radius 3 is 2.67 bits per heavy atom. The number of hydrogen-bond donors (Lipinski definition) is 0. The summed E-state index contributed by atoms with van der Waals surface area (Å²) in [6, 6.07) is 3.38. The molecule has 1 unspecified atom stereocenters. The van der Waals surface area contributed by atoms with Crippen LogP contribution in [0.25, 0.3) is 0 Å². The van der Waals surface area contributed by atoms with Gasteiger partial charge in [0.15, 0.2) is 0 Å². The third-order valence-corrected chi connectivity index (χ3v) is 3.71. The molecule has 1 atom stereocenters. The van der Waals surface area contributed by atoms with Gasteiger partial charge in [-0.15, -0.1) is 0 Å². The molecule has 0 aromatic heterocycles. The van der Waals surface area contributed by atoms with Crippen molar-refractivity contribution in [3.63, 3.8) is 0 Å². The average molecular weight is 235 g/mol. The number of alkyl halides is 3. The Hall–Kier alpha value is -0.880. The Morgan fingerprint density at radius 2 is 2.07 bits per heavy atom. The molecule has 2 rings (SSSR count). The Balaban J connectivity index is 2.49. The third kappa shape index (κ3) is 1.79. The molecule has 82 valence electrons. The zero-order chi connectivity index (χ0) is 11.2. The second kappa shape index (κ2) is 3.31. The van der Waals surface area contributed by atoms with Gasteiger partial charge in [0.25, 0.3) is 0 Å². The molecule has 0 N–H and O–H groups in total. The fourth-order valence-corrected chi connectivity index (χ4v) is 2.67. The Morgan fingerprint density at radius 1 is 1.40 bits per heavy atom. The van der Waals surface area contributed by atoms with Crippen LogP contribution in [0.4, 0.5) is 13.2 Å². The Labute approximate surface area is 87.3 Å². The maximum Gasteiger partial charge on any atom is 0.416 e. The van der Waals surface area contributed by atoms with E-state index in [9.17, 15) is 17.4 Å². The predicted octanol–water partition coefficient (Wildman–Crippen LogP) is 2.17. The highest BCUT2D eigenvalue weighted by Crippen LogP contribution is 2.34. The number of fused-ring (bicyclic) bond motifs is 1. The molecule has 0 spiro atoms. The minimum absolute atomic E-state index is 0.271. The van der Waals surface area contributed by atoms with E-state index in [2.05, 4.69) is 0 Å². The van der Waals surface area contributed by atoms with Gasteiger partial charge in [0.1, 0.15) is 11.0 Å². The van der Waals surface area contributed by atoms with Gasteiger partial charge in [-0.3, -0.25) is 0 Å². The fourth-order valence-electron chi connectivity index (χ4n) is 1.49. The molecule has 1 aliphatic heterocycles. The molecule has 0 saturated carbocycles. The van der Waals surface area contributed by atoms with Crippen LogP contribution >= 0.6 is 0 Å². The predicted molar refractivity (Wildman–Crippen MR) is 49.3 cm³/mol. The quantitative estimate of drug-likeness (QED) is 0.675. The van der Waals surface area contributed by atoms with Crippen LogP contribution < -0.4 is 0 Å². The van der Waals surface area contributed by atoms with Crippen molar-refractivity contribution in [2.45, 2.75) is 17.6 Å². The molecule has 0 radical (unpaired) electrons. The average Bonchev–Trinajstić information content (AvgIpc) is 2.41. The van der Waals surface area contributed by atoms with E-state index in [0.717, 1.165) is 12.1 Å². The topological polar surface area (TPSA) is 20.3 Å². The fraction of sp³-hybridized carbons (Fsp3) is 0.333. The molecular formula is C9H8F3NOS. The van der Waals surface area contributed by atoms with E-state index in [1.165, 1.54) is 10.4 Å². The molecule has 1 heterocycles. The van der Waals surface area contributed by atoms with Gasteiger partial charge in [0.2, 0.25) is 0 Å². The lowest BCUT2D eigenvalue weighted by molar-refractivity contribution is -0.137. The number of benzene rings is 1. The highest BCUT2D eigenvalue weighted by atomic mass is 32.2. The molecule has 0 fully saturated rings. The van der Waals surface area contributed by atoms with E-state index < -0.39 is 22.7 Å². The number of halogens is 3. The Kier molecular flexibility index (Phi) is 2.35. The third-order valence-electron chi connectivity index (χ3n) is 2.26. The second-order valence-corrected chi connectivity index (χ2v) is 4.92. The van der Waals surface area contributed by atoms with Crippen molar-refractivity contribution < 1.29 is 17.4 Å². The summed E-state index contributed by atoms with van der Waals surface area (Å²) >= 11 is 0. The first-order valence-electron chi connectivity index (χ1n) is 4.23. The van der Waals surface area contributed by atoms with Gasteiger partial charge >= 0.3 is 6.18 Å². The highest BCUT2D eigenvalue weighted by molar-refractivity contribution is 7.83. The molecule has 1 aliphatic rings. The summed E-state index contributed by atoms with van der Waals surface area (Å²) in [5.74, 6) is 0. The van der Waals surface area contributed by atoms with E-state index in [-0.39, 0.29) is 4.90 Å². The minimum Gasteiger partial charge on any atom is -0.237 e. The van der Waals surface area contributed by atoms with E-state index in [1.807, 2.05) is 0 Å². The van der Waals surface area contributed by atoms with E-state index >= 15 is 0 Å². The first kappa shape index (κ1) is 10.6. The lowest BCUT2D eigenvalue weighted by atomic mass is 10.1. The molecule has 6 heteroatoms. The zero-order valence-electron chi connectivity index (χ0n) is 7.84. The van der Waals surface area contributed by atoms with Crippen molar-refractivity contribution in [2.24, 2.45) is 0 Å². The maximum atomic E-state index is 12.4. The standard InChI is InChI=1S/C9H8F3NOS/c1-13-5-6-2-3-7(9(10,11)12)4-8(6)15(13)14/h2-4H,5H2,1H3. The first-order chi connectivity index (χ1) is 6.89. The van der Waals surface area contributed by atoms with Gasteiger partial charge in [-0.25, -0.2) is 8.51 Å². The first-order valence-corrected chi connectivity index (χ1v) is 5.33. The maximum absolute atomic E-state index is 12.4. The van der Waals surface area contributed by atoms with Crippen molar-refractivity contribution in [1.29, 1.82) is 0 Å². The van der Waals surface area contributed by atoms with Crippen LogP contribution in [-0.4, -0.2) is 15.6 Å². The van der Waals surface area contributed by atoms with Crippen LogP contribution in [0.1, 0.15) is 11.1 Å².